The number of halogens is 1. The van der Waals surface area contributed by atoms with E-state index in [1.807, 2.05) is 43.3 Å². The van der Waals surface area contributed by atoms with Crippen molar-refractivity contribution < 1.29 is 13.9 Å². The number of fused-ring (bicyclic) bond motifs is 1. The zero-order chi connectivity index (χ0) is 22.7. The molecule has 0 aliphatic heterocycles. The quantitative estimate of drug-likeness (QED) is 0.443. The Labute approximate surface area is 185 Å². The van der Waals surface area contributed by atoms with E-state index in [9.17, 15) is 14.0 Å². The number of rotatable bonds is 5. The molecular formula is C26H23FN2O3. The van der Waals surface area contributed by atoms with Crippen molar-refractivity contribution in [3.8, 4) is 11.4 Å². The second-order valence-corrected chi connectivity index (χ2v) is 7.46. The van der Waals surface area contributed by atoms with Crippen molar-refractivity contribution in [1.82, 2.24) is 9.88 Å². The highest BCUT2D eigenvalue weighted by Gasteiger charge is 2.22. The van der Waals surface area contributed by atoms with Crippen molar-refractivity contribution in [3.05, 3.63) is 106 Å². The van der Waals surface area contributed by atoms with Crippen LogP contribution in [0.1, 0.15) is 30.6 Å². The van der Waals surface area contributed by atoms with Crippen molar-refractivity contribution in [2.24, 2.45) is 0 Å². The van der Waals surface area contributed by atoms with Gasteiger partial charge in [0.25, 0.3) is 5.56 Å². The van der Waals surface area contributed by atoms with E-state index in [0.717, 1.165) is 5.56 Å². The Morgan fingerprint density at radius 1 is 1.00 bits per heavy atom. The number of aromatic nitrogens is 1. The van der Waals surface area contributed by atoms with E-state index < -0.39 is 17.5 Å². The number of hydrogen-bond acceptors (Lipinski definition) is 3. The summed E-state index contributed by atoms with van der Waals surface area (Å²) < 4.78 is 21.8. The van der Waals surface area contributed by atoms with Crippen LogP contribution >= 0.6 is 0 Å². The van der Waals surface area contributed by atoms with Crippen molar-refractivity contribution in [2.75, 3.05) is 0 Å². The van der Waals surface area contributed by atoms with Crippen molar-refractivity contribution in [3.63, 3.8) is 0 Å². The maximum absolute atomic E-state index is 14.7. The van der Waals surface area contributed by atoms with E-state index in [1.54, 1.807) is 37.3 Å². The molecule has 0 saturated heterocycles. The number of pyridine rings is 1. The van der Waals surface area contributed by atoms with Crippen LogP contribution in [0.2, 0.25) is 0 Å². The van der Waals surface area contributed by atoms with Crippen LogP contribution in [0.15, 0.2) is 83.7 Å². The molecule has 1 atom stereocenters. The van der Waals surface area contributed by atoms with Gasteiger partial charge in [-0.3, -0.25) is 9.36 Å². The maximum atomic E-state index is 14.7. The lowest BCUT2D eigenvalue weighted by atomic mass is 10.1. The van der Waals surface area contributed by atoms with Crippen LogP contribution in [-0.2, 0) is 0 Å². The molecule has 1 amide bonds. The summed E-state index contributed by atoms with van der Waals surface area (Å²) in [6.07, 6.45) is -0.00982. The number of carbonyl (C=O) groups excluding carboxylic acids is 1. The smallest absolute Gasteiger partial charge is 0.408 e. The van der Waals surface area contributed by atoms with E-state index in [0.29, 0.717) is 17.8 Å². The molecule has 0 saturated carbocycles. The normalized spacial score (nSPS) is 11.8. The Morgan fingerprint density at radius 2 is 1.66 bits per heavy atom. The standard InChI is InChI=1S/C26H23FN2O3/c1-3-22(18-11-6-4-7-12-18)28-26(31)32-24-17(2)29(19-13-8-5-9-14-19)25(30)23-20(24)15-10-16-21(23)27/h4-16,22H,3H2,1-2H3,(H,28,31)/t22-/m0/s1. The largest absolute Gasteiger partial charge is 0.413 e. The Bertz CT molecular complexity index is 1320. The number of nitrogens with one attached hydrogen (secondary N) is 1. The SMILES string of the molecule is CC[C@H](NC(=O)Oc1c(C)n(-c2ccccc2)c(=O)c2c(F)cccc12)c1ccccc1. The van der Waals surface area contributed by atoms with Gasteiger partial charge in [-0.2, -0.15) is 0 Å². The van der Waals surface area contributed by atoms with Crippen LogP contribution in [0.5, 0.6) is 5.75 Å². The summed E-state index contributed by atoms with van der Waals surface area (Å²) in [5, 5.41) is 3.00. The molecule has 4 rings (SSSR count). The van der Waals surface area contributed by atoms with Gasteiger partial charge >= 0.3 is 6.09 Å². The summed E-state index contributed by atoms with van der Waals surface area (Å²) in [5.41, 5.74) is 1.41. The minimum atomic E-state index is -0.673. The molecule has 0 aliphatic carbocycles. The Hall–Kier alpha value is -3.93. The maximum Gasteiger partial charge on any atom is 0.413 e. The van der Waals surface area contributed by atoms with E-state index in [-0.39, 0.29) is 22.6 Å². The third-order valence-electron chi connectivity index (χ3n) is 5.45. The average Bonchev–Trinajstić information content (AvgIpc) is 2.81. The molecule has 0 aliphatic rings. The predicted molar refractivity (Wildman–Crippen MR) is 123 cm³/mol. The summed E-state index contributed by atoms with van der Waals surface area (Å²) in [7, 11) is 0. The fourth-order valence-electron chi connectivity index (χ4n) is 3.88. The Kier molecular flexibility index (Phi) is 6.03. The summed E-state index contributed by atoms with van der Waals surface area (Å²) in [6.45, 7) is 3.64. The van der Waals surface area contributed by atoms with Crippen LogP contribution in [0, 0.1) is 12.7 Å². The molecule has 0 unspecified atom stereocenters. The molecule has 0 radical (unpaired) electrons. The van der Waals surface area contributed by atoms with Gasteiger partial charge in [0, 0.05) is 11.1 Å². The highest BCUT2D eigenvalue weighted by molar-refractivity contribution is 5.91. The van der Waals surface area contributed by atoms with Crippen LogP contribution in [0.4, 0.5) is 9.18 Å². The number of amides is 1. The molecule has 32 heavy (non-hydrogen) atoms. The van der Waals surface area contributed by atoms with Gasteiger partial charge in [0.15, 0.2) is 5.75 Å². The van der Waals surface area contributed by atoms with Gasteiger partial charge in [0.2, 0.25) is 0 Å². The number of hydrogen-bond donors (Lipinski definition) is 1. The monoisotopic (exact) mass is 430 g/mol. The zero-order valence-corrected chi connectivity index (χ0v) is 17.8. The van der Waals surface area contributed by atoms with E-state index in [4.69, 9.17) is 4.74 Å². The summed E-state index contributed by atoms with van der Waals surface area (Å²) in [6, 6.07) is 22.5. The number of carbonyl (C=O) groups is 1. The average molecular weight is 430 g/mol. The first-order chi connectivity index (χ1) is 15.5. The molecule has 162 valence electrons. The summed E-state index contributed by atoms with van der Waals surface area (Å²) in [4.78, 5) is 26.0. The fraction of sp³-hybridized carbons (Fsp3) is 0.154. The first-order valence-corrected chi connectivity index (χ1v) is 10.4. The number of nitrogens with zero attached hydrogens (tertiary/aromatic N) is 1. The minimum Gasteiger partial charge on any atom is -0.408 e. The number of ether oxygens (including phenoxy) is 1. The van der Waals surface area contributed by atoms with Gasteiger partial charge in [-0.1, -0.05) is 67.6 Å². The van der Waals surface area contributed by atoms with E-state index in [2.05, 4.69) is 5.32 Å². The fourth-order valence-corrected chi connectivity index (χ4v) is 3.88. The van der Waals surface area contributed by atoms with Crippen LogP contribution < -0.4 is 15.6 Å². The molecule has 4 aromatic rings. The van der Waals surface area contributed by atoms with Gasteiger partial charge in [0.05, 0.1) is 17.1 Å². The van der Waals surface area contributed by atoms with Crippen molar-refractivity contribution >= 4 is 16.9 Å². The predicted octanol–water partition coefficient (Wildman–Crippen LogP) is 5.68. The highest BCUT2D eigenvalue weighted by atomic mass is 19.1. The zero-order valence-electron chi connectivity index (χ0n) is 17.8. The van der Waals surface area contributed by atoms with Gasteiger partial charge in [-0.05, 0) is 37.1 Å². The van der Waals surface area contributed by atoms with E-state index in [1.165, 1.54) is 16.7 Å². The van der Waals surface area contributed by atoms with Crippen LogP contribution in [0.3, 0.4) is 0 Å². The topological polar surface area (TPSA) is 60.3 Å². The van der Waals surface area contributed by atoms with Gasteiger partial charge in [-0.15, -0.1) is 0 Å². The van der Waals surface area contributed by atoms with Gasteiger partial charge < -0.3 is 10.1 Å². The number of para-hydroxylation sites is 1. The van der Waals surface area contributed by atoms with Crippen LogP contribution in [0.25, 0.3) is 16.5 Å². The van der Waals surface area contributed by atoms with Crippen LogP contribution in [-0.4, -0.2) is 10.7 Å². The van der Waals surface area contributed by atoms with Gasteiger partial charge in [0.1, 0.15) is 5.82 Å². The first kappa shape index (κ1) is 21.3. The molecule has 5 nitrogen and oxygen atoms in total. The molecule has 0 fully saturated rings. The van der Waals surface area contributed by atoms with Crippen molar-refractivity contribution in [1.29, 1.82) is 0 Å². The molecular weight excluding hydrogens is 407 g/mol. The molecule has 1 aromatic heterocycles. The minimum absolute atomic E-state index is 0.125. The summed E-state index contributed by atoms with van der Waals surface area (Å²) in [5.74, 6) is -0.526. The molecule has 1 N–H and O–H groups in total. The second-order valence-electron chi connectivity index (χ2n) is 7.46. The van der Waals surface area contributed by atoms with E-state index >= 15 is 0 Å². The molecule has 3 aromatic carbocycles. The third-order valence-corrected chi connectivity index (χ3v) is 5.45. The summed E-state index contributed by atoms with van der Waals surface area (Å²) >= 11 is 0. The van der Waals surface area contributed by atoms with Gasteiger partial charge in [-0.25, -0.2) is 9.18 Å². The Balaban J connectivity index is 1.79. The third kappa shape index (κ3) is 3.99. The first-order valence-electron chi connectivity index (χ1n) is 10.4. The molecule has 1 heterocycles. The molecule has 0 bridgehead atoms. The molecule has 0 spiro atoms. The number of benzene rings is 3. The lowest BCUT2D eigenvalue weighted by Crippen LogP contribution is -2.32. The lowest BCUT2D eigenvalue weighted by molar-refractivity contribution is 0.195. The lowest BCUT2D eigenvalue weighted by Gasteiger charge is -2.20. The Morgan fingerprint density at radius 3 is 2.31 bits per heavy atom. The van der Waals surface area contributed by atoms with Crippen molar-refractivity contribution in [2.45, 2.75) is 26.3 Å². The molecule has 6 heteroatoms. The second kappa shape index (κ2) is 9.06. The highest BCUT2D eigenvalue weighted by Crippen LogP contribution is 2.30.